The third kappa shape index (κ3) is 2.55. The minimum atomic E-state index is -0.840. The first-order valence-electron chi connectivity index (χ1n) is 6.66. The molecule has 6 nitrogen and oxygen atoms in total. The first-order chi connectivity index (χ1) is 9.95. The number of rotatable bonds is 4. The van der Waals surface area contributed by atoms with Gasteiger partial charge in [-0.05, 0) is 31.0 Å². The SMILES string of the molecule is CCC1(C)NC(=O)N(Cc2ccc(C#N)c(OC)c2)C1=O. The Kier molecular flexibility index (Phi) is 3.85. The van der Waals surface area contributed by atoms with Gasteiger partial charge in [0.25, 0.3) is 5.91 Å². The minimum absolute atomic E-state index is 0.155. The van der Waals surface area contributed by atoms with Gasteiger partial charge in [-0.15, -0.1) is 0 Å². The van der Waals surface area contributed by atoms with E-state index in [1.807, 2.05) is 13.0 Å². The average Bonchev–Trinajstić information content (AvgIpc) is 2.71. The number of ether oxygens (including phenoxy) is 1. The topological polar surface area (TPSA) is 82.4 Å². The number of nitrogens with zero attached hydrogens (tertiary/aromatic N) is 2. The Morgan fingerprint density at radius 2 is 2.14 bits per heavy atom. The molecule has 1 heterocycles. The van der Waals surface area contributed by atoms with E-state index in [4.69, 9.17) is 10.00 Å². The molecule has 1 saturated heterocycles. The molecule has 1 aliphatic heterocycles. The number of benzene rings is 1. The van der Waals surface area contributed by atoms with Crippen LogP contribution in [0.25, 0.3) is 0 Å². The molecule has 0 spiro atoms. The molecular weight excluding hydrogens is 270 g/mol. The molecular formula is C15H17N3O3. The molecule has 1 atom stereocenters. The number of nitriles is 1. The second kappa shape index (κ2) is 5.44. The van der Waals surface area contributed by atoms with Crippen molar-refractivity contribution in [3.63, 3.8) is 0 Å². The van der Waals surface area contributed by atoms with Crippen molar-refractivity contribution in [2.45, 2.75) is 32.4 Å². The zero-order valence-corrected chi connectivity index (χ0v) is 12.3. The summed E-state index contributed by atoms with van der Waals surface area (Å²) in [5, 5.41) is 11.7. The van der Waals surface area contributed by atoms with Gasteiger partial charge in [0.1, 0.15) is 17.4 Å². The van der Waals surface area contributed by atoms with Crippen molar-refractivity contribution in [1.82, 2.24) is 10.2 Å². The Hall–Kier alpha value is -2.55. The van der Waals surface area contributed by atoms with E-state index in [-0.39, 0.29) is 12.5 Å². The number of nitrogens with one attached hydrogen (secondary N) is 1. The second-order valence-corrected chi connectivity index (χ2v) is 5.15. The van der Waals surface area contributed by atoms with Crippen molar-refractivity contribution >= 4 is 11.9 Å². The Bertz CT molecular complexity index is 636. The lowest BCUT2D eigenvalue weighted by molar-refractivity contribution is -0.131. The first-order valence-corrected chi connectivity index (χ1v) is 6.66. The van der Waals surface area contributed by atoms with E-state index in [2.05, 4.69) is 5.32 Å². The van der Waals surface area contributed by atoms with Crippen LogP contribution in [-0.4, -0.2) is 29.5 Å². The number of carbonyl (C=O) groups is 2. The lowest BCUT2D eigenvalue weighted by Gasteiger charge is -2.19. The highest BCUT2D eigenvalue weighted by Crippen LogP contribution is 2.25. The quantitative estimate of drug-likeness (QED) is 0.856. The maximum Gasteiger partial charge on any atom is 0.325 e. The van der Waals surface area contributed by atoms with Crippen LogP contribution in [0.3, 0.4) is 0 Å². The molecule has 0 radical (unpaired) electrons. The van der Waals surface area contributed by atoms with Crippen molar-refractivity contribution in [3.8, 4) is 11.8 Å². The zero-order valence-electron chi connectivity index (χ0n) is 12.3. The fraction of sp³-hybridized carbons (Fsp3) is 0.400. The molecule has 3 amide bonds. The zero-order chi connectivity index (χ0) is 15.6. The predicted molar refractivity (Wildman–Crippen MR) is 75.5 cm³/mol. The highest BCUT2D eigenvalue weighted by Gasteiger charge is 2.46. The monoisotopic (exact) mass is 287 g/mol. The van der Waals surface area contributed by atoms with E-state index in [9.17, 15) is 9.59 Å². The molecule has 0 saturated carbocycles. The average molecular weight is 287 g/mol. The van der Waals surface area contributed by atoms with E-state index in [0.717, 1.165) is 5.56 Å². The minimum Gasteiger partial charge on any atom is -0.495 e. The molecule has 1 N–H and O–H groups in total. The smallest absolute Gasteiger partial charge is 0.325 e. The number of amides is 3. The largest absolute Gasteiger partial charge is 0.495 e. The van der Waals surface area contributed by atoms with E-state index < -0.39 is 11.6 Å². The summed E-state index contributed by atoms with van der Waals surface area (Å²) in [4.78, 5) is 25.4. The molecule has 0 aliphatic carbocycles. The summed E-state index contributed by atoms with van der Waals surface area (Å²) in [7, 11) is 1.47. The van der Waals surface area contributed by atoms with Crippen LogP contribution in [0.2, 0.25) is 0 Å². The van der Waals surface area contributed by atoms with Gasteiger partial charge >= 0.3 is 6.03 Å². The summed E-state index contributed by atoms with van der Waals surface area (Å²) in [6.07, 6.45) is 0.533. The van der Waals surface area contributed by atoms with Crippen LogP contribution in [0.15, 0.2) is 18.2 Å². The van der Waals surface area contributed by atoms with Gasteiger partial charge in [0.15, 0.2) is 0 Å². The van der Waals surface area contributed by atoms with Gasteiger partial charge < -0.3 is 10.1 Å². The highest BCUT2D eigenvalue weighted by molar-refractivity contribution is 6.06. The standard InChI is InChI=1S/C15H17N3O3/c1-4-15(2)13(19)18(14(20)17-15)9-10-5-6-11(8-16)12(7-10)21-3/h5-7H,4,9H2,1-3H3,(H,17,20). The van der Waals surface area contributed by atoms with Gasteiger partial charge in [0, 0.05) is 0 Å². The number of methoxy groups -OCH3 is 1. The molecule has 1 fully saturated rings. The fourth-order valence-corrected chi connectivity index (χ4v) is 2.24. The molecule has 0 aromatic heterocycles. The highest BCUT2D eigenvalue weighted by atomic mass is 16.5. The Labute approximate surface area is 123 Å². The number of hydrogen-bond acceptors (Lipinski definition) is 4. The maximum absolute atomic E-state index is 12.3. The molecule has 1 aromatic carbocycles. The molecule has 21 heavy (non-hydrogen) atoms. The summed E-state index contributed by atoms with van der Waals surface area (Å²) in [5.74, 6) is 0.193. The molecule has 1 aliphatic rings. The van der Waals surface area contributed by atoms with Gasteiger partial charge in [-0.1, -0.05) is 13.0 Å². The third-order valence-electron chi connectivity index (χ3n) is 3.78. The number of urea groups is 1. The lowest BCUT2D eigenvalue weighted by atomic mass is 9.99. The maximum atomic E-state index is 12.3. The van der Waals surface area contributed by atoms with E-state index in [1.165, 1.54) is 12.0 Å². The van der Waals surface area contributed by atoms with Crippen molar-refractivity contribution in [3.05, 3.63) is 29.3 Å². The number of hydrogen-bond donors (Lipinski definition) is 1. The third-order valence-corrected chi connectivity index (χ3v) is 3.78. The molecule has 110 valence electrons. The Balaban J connectivity index is 2.25. The lowest BCUT2D eigenvalue weighted by Crippen LogP contribution is -2.43. The van der Waals surface area contributed by atoms with E-state index in [0.29, 0.717) is 17.7 Å². The van der Waals surface area contributed by atoms with Crippen molar-refractivity contribution < 1.29 is 14.3 Å². The van der Waals surface area contributed by atoms with Crippen LogP contribution >= 0.6 is 0 Å². The van der Waals surface area contributed by atoms with Gasteiger partial charge in [-0.25, -0.2) is 4.79 Å². The molecule has 1 unspecified atom stereocenters. The fourth-order valence-electron chi connectivity index (χ4n) is 2.24. The van der Waals surface area contributed by atoms with Gasteiger partial charge in [0.05, 0.1) is 19.2 Å². The van der Waals surface area contributed by atoms with Crippen molar-refractivity contribution in [2.75, 3.05) is 7.11 Å². The number of imide groups is 1. The van der Waals surface area contributed by atoms with Crippen LogP contribution in [0.5, 0.6) is 5.75 Å². The Morgan fingerprint density at radius 1 is 1.43 bits per heavy atom. The molecule has 0 bridgehead atoms. The van der Waals surface area contributed by atoms with Gasteiger partial charge in [-0.2, -0.15) is 5.26 Å². The van der Waals surface area contributed by atoms with Gasteiger partial charge in [-0.3, -0.25) is 9.69 Å². The van der Waals surface area contributed by atoms with Crippen molar-refractivity contribution in [1.29, 1.82) is 5.26 Å². The molecule has 1 aromatic rings. The summed E-state index contributed by atoms with van der Waals surface area (Å²) in [6, 6.07) is 6.62. The predicted octanol–water partition coefficient (Wildman–Crippen LogP) is 1.79. The van der Waals surface area contributed by atoms with Crippen LogP contribution < -0.4 is 10.1 Å². The van der Waals surface area contributed by atoms with Crippen LogP contribution in [0, 0.1) is 11.3 Å². The van der Waals surface area contributed by atoms with E-state index in [1.54, 1.807) is 25.1 Å². The van der Waals surface area contributed by atoms with Crippen molar-refractivity contribution in [2.24, 2.45) is 0 Å². The molecule has 6 heteroatoms. The summed E-state index contributed by atoms with van der Waals surface area (Å²) in [6.45, 7) is 3.72. The summed E-state index contributed by atoms with van der Waals surface area (Å²) < 4.78 is 5.13. The van der Waals surface area contributed by atoms with E-state index >= 15 is 0 Å². The first kappa shape index (κ1) is 14.9. The summed E-state index contributed by atoms with van der Waals surface area (Å²) >= 11 is 0. The molecule has 2 rings (SSSR count). The van der Waals surface area contributed by atoms with Crippen LogP contribution in [0.1, 0.15) is 31.4 Å². The van der Waals surface area contributed by atoms with Gasteiger partial charge in [0.2, 0.25) is 0 Å². The summed E-state index contributed by atoms with van der Waals surface area (Å²) in [5.41, 5.74) is 0.305. The number of carbonyl (C=O) groups excluding carboxylic acids is 2. The second-order valence-electron chi connectivity index (χ2n) is 5.15. The van der Waals surface area contributed by atoms with Crippen LogP contribution in [0.4, 0.5) is 4.79 Å². The normalized spacial score (nSPS) is 21.1. The Morgan fingerprint density at radius 3 is 2.67 bits per heavy atom. The van der Waals surface area contributed by atoms with Crippen LogP contribution in [-0.2, 0) is 11.3 Å².